The maximum Gasteiger partial charge on any atom is 0.222 e. The van der Waals surface area contributed by atoms with E-state index in [1.165, 1.54) is 12.8 Å². The molecule has 1 saturated heterocycles. The van der Waals surface area contributed by atoms with Crippen molar-refractivity contribution in [1.82, 2.24) is 10.2 Å². The molecule has 1 aliphatic rings. The summed E-state index contributed by atoms with van der Waals surface area (Å²) in [6.07, 6.45) is 2.34. The Labute approximate surface area is 144 Å². The molecule has 1 fully saturated rings. The molecule has 1 atom stereocenters. The zero-order valence-electron chi connectivity index (χ0n) is 14.6. The molecule has 0 spiro atoms. The van der Waals surface area contributed by atoms with Crippen molar-refractivity contribution in [2.75, 3.05) is 32.8 Å². The molecule has 1 amide bonds. The number of hydrogen-bond acceptors (Lipinski definition) is 4. The number of nitrogens with zero attached hydrogens (tertiary/aromatic N) is 2. The molecule has 5 heteroatoms. The SMILES string of the molecule is CC(C)C(=O)NCC1CCCN(CCOc2ccc(C#N)cc2)C1. The van der Waals surface area contributed by atoms with Crippen LogP contribution in [0.15, 0.2) is 24.3 Å². The fourth-order valence-corrected chi connectivity index (χ4v) is 2.89. The summed E-state index contributed by atoms with van der Waals surface area (Å²) in [7, 11) is 0. The molecule has 1 aromatic carbocycles. The third kappa shape index (κ3) is 5.86. The largest absolute Gasteiger partial charge is 0.492 e. The Morgan fingerprint density at radius 2 is 2.17 bits per heavy atom. The van der Waals surface area contributed by atoms with Gasteiger partial charge in [0.25, 0.3) is 0 Å². The number of rotatable bonds is 7. The molecule has 1 N–H and O–H groups in total. The van der Waals surface area contributed by atoms with Gasteiger partial charge in [-0.2, -0.15) is 5.26 Å². The summed E-state index contributed by atoms with van der Waals surface area (Å²) < 4.78 is 5.75. The second-order valence-corrected chi connectivity index (χ2v) is 6.69. The monoisotopic (exact) mass is 329 g/mol. The number of carbonyl (C=O) groups is 1. The number of piperidine rings is 1. The topological polar surface area (TPSA) is 65.4 Å². The molecule has 1 aromatic rings. The second-order valence-electron chi connectivity index (χ2n) is 6.69. The number of nitrogens with one attached hydrogen (secondary N) is 1. The normalized spacial score (nSPS) is 18.2. The lowest BCUT2D eigenvalue weighted by atomic mass is 9.98. The molecule has 0 saturated carbocycles. The van der Waals surface area contributed by atoms with Crippen LogP contribution in [0.3, 0.4) is 0 Å². The Hall–Kier alpha value is -2.06. The maximum atomic E-state index is 11.7. The van der Waals surface area contributed by atoms with Crippen LogP contribution in [0.25, 0.3) is 0 Å². The molecule has 130 valence electrons. The second kappa shape index (κ2) is 9.29. The molecule has 0 aromatic heterocycles. The van der Waals surface area contributed by atoms with Crippen LogP contribution in [0.2, 0.25) is 0 Å². The van der Waals surface area contributed by atoms with Crippen LogP contribution < -0.4 is 10.1 Å². The van der Waals surface area contributed by atoms with Gasteiger partial charge in [0, 0.05) is 25.6 Å². The molecule has 5 nitrogen and oxygen atoms in total. The van der Waals surface area contributed by atoms with Crippen LogP contribution >= 0.6 is 0 Å². The third-order valence-electron chi connectivity index (χ3n) is 4.35. The van der Waals surface area contributed by atoms with Gasteiger partial charge < -0.3 is 10.1 Å². The maximum absolute atomic E-state index is 11.7. The molecule has 24 heavy (non-hydrogen) atoms. The Balaban J connectivity index is 1.68. The molecule has 0 bridgehead atoms. The van der Waals surface area contributed by atoms with E-state index in [1.807, 2.05) is 26.0 Å². The average Bonchev–Trinajstić information content (AvgIpc) is 2.60. The van der Waals surface area contributed by atoms with E-state index < -0.39 is 0 Å². The molecule has 1 unspecified atom stereocenters. The number of amides is 1. The van der Waals surface area contributed by atoms with Crippen LogP contribution in [0, 0.1) is 23.2 Å². The molecule has 2 rings (SSSR count). The zero-order chi connectivity index (χ0) is 17.4. The lowest BCUT2D eigenvalue weighted by molar-refractivity contribution is -0.124. The summed E-state index contributed by atoms with van der Waals surface area (Å²) in [5.74, 6) is 1.50. The number of likely N-dealkylation sites (tertiary alicyclic amines) is 1. The first kappa shape index (κ1) is 18.3. The lowest BCUT2D eigenvalue weighted by Gasteiger charge is -2.32. The molecular weight excluding hydrogens is 302 g/mol. The highest BCUT2D eigenvalue weighted by molar-refractivity contribution is 5.77. The summed E-state index contributed by atoms with van der Waals surface area (Å²) in [6, 6.07) is 9.30. The standard InChI is InChI=1S/C19H27N3O2/c1-15(2)19(23)21-13-17-4-3-9-22(14-17)10-11-24-18-7-5-16(12-20)6-8-18/h5-8,15,17H,3-4,9-11,13-14H2,1-2H3,(H,21,23). The summed E-state index contributed by atoms with van der Waals surface area (Å²) in [4.78, 5) is 14.1. The van der Waals surface area contributed by atoms with Gasteiger partial charge in [-0.25, -0.2) is 0 Å². The summed E-state index contributed by atoms with van der Waals surface area (Å²) >= 11 is 0. The van der Waals surface area contributed by atoms with Crippen molar-refractivity contribution in [3.63, 3.8) is 0 Å². The summed E-state index contributed by atoms with van der Waals surface area (Å²) in [5, 5.41) is 11.8. The van der Waals surface area contributed by atoms with E-state index in [1.54, 1.807) is 12.1 Å². The Morgan fingerprint density at radius 1 is 1.42 bits per heavy atom. The van der Waals surface area contributed by atoms with Crippen molar-refractivity contribution in [2.45, 2.75) is 26.7 Å². The van der Waals surface area contributed by atoms with E-state index in [0.29, 0.717) is 18.1 Å². The van der Waals surface area contributed by atoms with Crippen molar-refractivity contribution in [3.8, 4) is 11.8 Å². The predicted molar refractivity (Wildman–Crippen MR) is 93.7 cm³/mol. The van der Waals surface area contributed by atoms with E-state index in [-0.39, 0.29) is 11.8 Å². The molecule has 1 aliphatic heterocycles. The number of carbonyl (C=O) groups excluding carboxylic acids is 1. The van der Waals surface area contributed by atoms with E-state index in [4.69, 9.17) is 10.00 Å². The van der Waals surface area contributed by atoms with Gasteiger partial charge in [0.1, 0.15) is 12.4 Å². The van der Waals surface area contributed by atoms with Crippen molar-refractivity contribution < 1.29 is 9.53 Å². The van der Waals surface area contributed by atoms with E-state index in [2.05, 4.69) is 16.3 Å². The number of benzene rings is 1. The molecular formula is C19H27N3O2. The van der Waals surface area contributed by atoms with E-state index >= 15 is 0 Å². The lowest BCUT2D eigenvalue weighted by Crippen LogP contribution is -2.43. The number of ether oxygens (including phenoxy) is 1. The van der Waals surface area contributed by atoms with Gasteiger partial charge in [-0.15, -0.1) is 0 Å². The minimum atomic E-state index is 0.0468. The number of nitriles is 1. The van der Waals surface area contributed by atoms with Gasteiger partial charge in [0.2, 0.25) is 5.91 Å². The van der Waals surface area contributed by atoms with Crippen LogP contribution in [-0.2, 0) is 4.79 Å². The van der Waals surface area contributed by atoms with E-state index in [0.717, 1.165) is 31.9 Å². The minimum absolute atomic E-state index is 0.0468. The van der Waals surface area contributed by atoms with Gasteiger partial charge in [-0.1, -0.05) is 13.8 Å². The quantitative estimate of drug-likeness (QED) is 0.834. The van der Waals surface area contributed by atoms with E-state index in [9.17, 15) is 4.79 Å². The highest BCUT2D eigenvalue weighted by atomic mass is 16.5. The molecule has 0 aliphatic carbocycles. The van der Waals surface area contributed by atoms with Crippen LogP contribution in [0.1, 0.15) is 32.3 Å². The van der Waals surface area contributed by atoms with Crippen LogP contribution in [-0.4, -0.2) is 43.6 Å². The fraction of sp³-hybridized carbons (Fsp3) is 0.579. The minimum Gasteiger partial charge on any atom is -0.492 e. The molecule has 0 radical (unpaired) electrons. The van der Waals surface area contributed by atoms with Gasteiger partial charge in [0.05, 0.1) is 11.6 Å². The third-order valence-corrected chi connectivity index (χ3v) is 4.35. The summed E-state index contributed by atoms with van der Waals surface area (Å²) in [5.41, 5.74) is 0.643. The first-order valence-electron chi connectivity index (χ1n) is 8.71. The average molecular weight is 329 g/mol. The first-order chi connectivity index (χ1) is 11.6. The Morgan fingerprint density at radius 3 is 2.83 bits per heavy atom. The van der Waals surface area contributed by atoms with Crippen molar-refractivity contribution in [1.29, 1.82) is 5.26 Å². The Bertz CT molecular complexity index is 563. The van der Waals surface area contributed by atoms with Gasteiger partial charge in [-0.3, -0.25) is 9.69 Å². The zero-order valence-corrected chi connectivity index (χ0v) is 14.6. The van der Waals surface area contributed by atoms with Crippen molar-refractivity contribution in [2.24, 2.45) is 11.8 Å². The predicted octanol–water partition coefficient (Wildman–Crippen LogP) is 2.42. The van der Waals surface area contributed by atoms with Gasteiger partial charge in [0.15, 0.2) is 0 Å². The highest BCUT2D eigenvalue weighted by Crippen LogP contribution is 2.16. The number of hydrogen-bond donors (Lipinski definition) is 1. The summed E-state index contributed by atoms with van der Waals surface area (Å²) in [6.45, 7) is 8.22. The Kier molecular flexibility index (Phi) is 7.07. The van der Waals surface area contributed by atoms with Gasteiger partial charge >= 0.3 is 0 Å². The van der Waals surface area contributed by atoms with Crippen LogP contribution in [0.5, 0.6) is 5.75 Å². The first-order valence-corrected chi connectivity index (χ1v) is 8.71. The van der Waals surface area contributed by atoms with Gasteiger partial charge in [-0.05, 0) is 49.6 Å². The smallest absolute Gasteiger partial charge is 0.222 e. The molecule has 1 heterocycles. The van der Waals surface area contributed by atoms with Crippen molar-refractivity contribution in [3.05, 3.63) is 29.8 Å². The highest BCUT2D eigenvalue weighted by Gasteiger charge is 2.20. The van der Waals surface area contributed by atoms with Crippen molar-refractivity contribution >= 4 is 5.91 Å². The van der Waals surface area contributed by atoms with Crippen LogP contribution in [0.4, 0.5) is 0 Å². The fourth-order valence-electron chi connectivity index (χ4n) is 2.89.